The average Bonchev–Trinajstić information content (AvgIpc) is 2.78. The first-order chi connectivity index (χ1) is 14.5. The van der Waals surface area contributed by atoms with Gasteiger partial charge in [-0.3, -0.25) is 14.9 Å². The number of nitriles is 1. The minimum absolute atomic E-state index is 0.156. The van der Waals surface area contributed by atoms with E-state index in [4.69, 9.17) is 0 Å². The quantitative estimate of drug-likeness (QED) is 0.552. The monoisotopic (exact) mass is 405 g/mol. The predicted molar refractivity (Wildman–Crippen MR) is 114 cm³/mol. The van der Waals surface area contributed by atoms with Crippen LogP contribution in [0, 0.1) is 21.4 Å². The normalized spacial score (nSPS) is 18.2. The Morgan fingerprint density at radius 2 is 1.93 bits per heavy atom. The van der Waals surface area contributed by atoms with Crippen LogP contribution in [0.25, 0.3) is 0 Å². The Labute approximate surface area is 174 Å². The van der Waals surface area contributed by atoms with Crippen molar-refractivity contribution in [3.05, 3.63) is 69.8 Å². The van der Waals surface area contributed by atoms with E-state index in [0.29, 0.717) is 37.9 Å². The fourth-order valence-corrected chi connectivity index (χ4v) is 3.66. The largest absolute Gasteiger partial charge is 0.380 e. The van der Waals surface area contributed by atoms with Crippen LogP contribution in [0.15, 0.2) is 53.6 Å². The zero-order valence-electron chi connectivity index (χ0n) is 16.7. The van der Waals surface area contributed by atoms with Crippen LogP contribution in [0.1, 0.15) is 48.5 Å². The topological polar surface area (TPSA) is 120 Å². The number of nitro groups is 1. The van der Waals surface area contributed by atoms with Gasteiger partial charge in [0.05, 0.1) is 16.4 Å². The van der Waals surface area contributed by atoms with E-state index >= 15 is 0 Å². The van der Waals surface area contributed by atoms with Crippen molar-refractivity contribution in [3.8, 4) is 6.07 Å². The third kappa shape index (κ3) is 4.46. The summed E-state index contributed by atoms with van der Waals surface area (Å²) in [4.78, 5) is 23.2. The van der Waals surface area contributed by atoms with Gasteiger partial charge in [-0.2, -0.15) is 10.4 Å². The number of hydrogen-bond donors (Lipinski definition) is 2. The van der Waals surface area contributed by atoms with Crippen molar-refractivity contribution in [1.82, 2.24) is 5.43 Å². The van der Waals surface area contributed by atoms with E-state index in [2.05, 4.69) is 21.9 Å². The van der Waals surface area contributed by atoms with Gasteiger partial charge in [0.1, 0.15) is 5.69 Å². The van der Waals surface area contributed by atoms with Crippen molar-refractivity contribution in [2.24, 2.45) is 5.10 Å². The van der Waals surface area contributed by atoms with Crippen LogP contribution in [-0.4, -0.2) is 23.1 Å². The van der Waals surface area contributed by atoms with Crippen LogP contribution in [0.4, 0.5) is 11.4 Å². The van der Waals surface area contributed by atoms with Crippen LogP contribution in [0.2, 0.25) is 0 Å². The Kier molecular flexibility index (Phi) is 6.42. The molecule has 0 atom stereocenters. The summed E-state index contributed by atoms with van der Waals surface area (Å²) in [5, 5.41) is 28.1. The van der Waals surface area contributed by atoms with Crippen molar-refractivity contribution >= 4 is 23.0 Å². The smallest absolute Gasteiger partial charge is 0.293 e. The Morgan fingerprint density at radius 1 is 1.23 bits per heavy atom. The molecule has 0 aliphatic heterocycles. The summed E-state index contributed by atoms with van der Waals surface area (Å²) >= 11 is 0. The molecule has 2 aromatic carbocycles. The zero-order chi connectivity index (χ0) is 21.6. The minimum Gasteiger partial charge on any atom is -0.380 e. The van der Waals surface area contributed by atoms with Gasteiger partial charge in [-0.1, -0.05) is 30.3 Å². The van der Waals surface area contributed by atoms with Crippen molar-refractivity contribution < 1.29 is 9.72 Å². The summed E-state index contributed by atoms with van der Waals surface area (Å²) in [5.41, 5.74) is 4.15. The maximum Gasteiger partial charge on any atom is 0.293 e. The van der Waals surface area contributed by atoms with Gasteiger partial charge in [0.2, 0.25) is 0 Å². The van der Waals surface area contributed by atoms with Gasteiger partial charge in [-0.25, -0.2) is 5.43 Å². The van der Waals surface area contributed by atoms with Crippen molar-refractivity contribution in [1.29, 1.82) is 5.26 Å². The van der Waals surface area contributed by atoms with E-state index in [1.54, 1.807) is 0 Å². The van der Waals surface area contributed by atoms with E-state index in [0.717, 1.165) is 11.3 Å². The summed E-state index contributed by atoms with van der Waals surface area (Å²) in [5.74, 6) is -0.506. The third-order valence-corrected chi connectivity index (χ3v) is 5.36. The van der Waals surface area contributed by atoms with Gasteiger partial charge in [0.15, 0.2) is 0 Å². The highest BCUT2D eigenvalue weighted by Gasteiger charge is 2.35. The maximum absolute atomic E-state index is 12.4. The lowest BCUT2D eigenvalue weighted by Crippen LogP contribution is -2.31. The van der Waals surface area contributed by atoms with Crippen LogP contribution in [-0.2, 0) is 5.41 Å². The van der Waals surface area contributed by atoms with Crippen molar-refractivity contribution in [2.45, 2.75) is 38.0 Å². The van der Waals surface area contributed by atoms with Gasteiger partial charge in [-0.15, -0.1) is 0 Å². The third-order valence-electron chi connectivity index (χ3n) is 5.36. The summed E-state index contributed by atoms with van der Waals surface area (Å²) < 4.78 is 0. The molecule has 2 aromatic rings. The number of carbonyl (C=O) groups is 1. The highest BCUT2D eigenvalue weighted by molar-refractivity contribution is 5.97. The molecule has 1 fully saturated rings. The number of nitro benzene ring substituents is 1. The lowest BCUT2D eigenvalue weighted by Gasteiger charge is -2.31. The number of anilines is 1. The number of hydrogen-bond acceptors (Lipinski definition) is 6. The Bertz CT molecular complexity index is 1000. The molecule has 0 spiro atoms. The maximum atomic E-state index is 12.4. The van der Waals surface area contributed by atoms with E-state index in [-0.39, 0.29) is 11.3 Å². The second kappa shape index (κ2) is 9.18. The summed E-state index contributed by atoms with van der Waals surface area (Å²) in [6, 6.07) is 16.5. The number of rotatable bonds is 6. The molecule has 0 bridgehead atoms. The first-order valence-corrected chi connectivity index (χ1v) is 9.84. The molecule has 8 nitrogen and oxygen atoms in total. The highest BCUT2D eigenvalue weighted by Crippen LogP contribution is 2.37. The number of benzene rings is 2. The Morgan fingerprint density at radius 3 is 2.53 bits per heavy atom. The van der Waals surface area contributed by atoms with E-state index in [9.17, 15) is 20.2 Å². The van der Waals surface area contributed by atoms with E-state index in [1.807, 2.05) is 37.3 Å². The van der Waals surface area contributed by atoms with Crippen LogP contribution >= 0.6 is 0 Å². The molecule has 1 saturated carbocycles. The molecule has 1 amide bonds. The number of amides is 1. The summed E-state index contributed by atoms with van der Waals surface area (Å²) in [7, 11) is 0. The first-order valence-electron chi connectivity index (χ1n) is 9.84. The van der Waals surface area contributed by atoms with Gasteiger partial charge >= 0.3 is 0 Å². The molecule has 0 radical (unpaired) electrons. The van der Waals surface area contributed by atoms with Gasteiger partial charge in [0, 0.05) is 23.9 Å². The molecule has 1 aliphatic carbocycles. The number of nitrogens with zero attached hydrogens (tertiary/aromatic N) is 3. The van der Waals surface area contributed by atoms with Crippen molar-refractivity contribution in [2.75, 3.05) is 11.9 Å². The molecule has 1 aliphatic rings. The second-order valence-corrected chi connectivity index (χ2v) is 7.20. The fourth-order valence-electron chi connectivity index (χ4n) is 3.66. The SMILES string of the molecule is CCNc1ccc(C(=O)NN=C2CCC(C#N)(c3ccccc3)CC2)cc1[N+](=O)[O-]. The van der Waals surface area contributed by atoms with E-state index in [1.165, 1.54) is 18.2 Å². The average molecular weight is 405 g/mol. The molecule has 8 heteroatoms. The molecule has 154 valence electrons. The van der Waals surface area contributed by atoms with Crippen LogP contribution in [0.3, 0.4) is 0 Å². The lowest BCUT2D eigenvalue weighted by atomic mass is 9.70. The Balaban J connectivity index is 1.67. The molecule has 0 saturated heterocycles. The molecule has 30 heavy (non-hydrogen) atoms. The molecular formula is C22H23N5O3. The lowest BCUT2D eigenvalue weighted by molar-refractivity contribution is -0.384. The zero-order valence-corrected chi connectivity index (χ0v) is 16.7. The van der Waals surface area contributed by atoms with Gasteiger partial charge < -0.3 is 5.32 Å². The molecule has 0 aromatic heterocycles. The minimum atomic E-state index is -0.535. The number of hydrazone groups is 1. The predicted octanol–water partition coefficient (Wildman–Crippen LogP) is 4.15. The van der Waals surface area contributed by atoms with Crippen LogP contribution in [0.5, 0.6) is 0 Å². The van der Waals surface area contributed by atoms with Gasteiger partial charge in [0.25, 0.3) is 11.6 Å². The standard InChI is InChI=1S/C22H23N5O3/c1-2-24-19-9-8-16(14-20(19)27(29)30)21(28)26-25-18-10-12-22(15-23,13-11-18)17-6-4-3-5-7-17/h3-9,14,24H,2,10-13H2,1H3,(H,26,28). The molecular weight excluding hydrogens is 382 g/mol. The number of nitrogens with one attached hydrogen (secondary N) is 2. The molecule has 0 unspecified atom stereocenters. The van der Waals surface area contributed by atoms with Gasteiger partial charge in [-0.05, 0) is 50.3 Å². The Hall–Kier alpha value is -3.73. The first kappa shape index (κ1) is 21.0. The second-order valence-electron chi connectivity index (χ2n) is 7.20. The van der Waals surface area contributed by atoms with Crippen molar-refractivity contribution in [3.63, 3.8) is 0 Å². The molecule has 2 N–H and O–H groups in total. The summed E-state index contributed by atoms with van der Waals surface area (Å²) in [6.07, 6.45) is 2.46. The fraction of sp³-hybridized carbons (Fsp3) is 0.318. The highest BCUT2D eigenvalue weighted by atomic mass is 16.6. The number of carbonyl (C=O) groups excluding carboxylic acids is 1. The summed E-state index contributed by atoms with van der Waals surface area (Å²) in [6.45, 7) is 2.37. The van der Waals surface area contributed by atoms with E-state index < -0.39 is 16.2 Å². The van der Waals surface area contributed by atoms with Crippen LogP contribution < -0.4 is 10.7 Å². The molecule has 3 rings (SSSR count). The molecule has 0 heterocycles.